The lowest BCUT2D eigenvalue weighted by Gasteiger charge is -2.39. The molecule has 1 rings (SSSR count). The van der Waals surface area contributed by atoms with E-state index >= 15 is 0 Å². The van der Waals surface area contributed by atoms with E-state index in [1.807, 2.05) is 0 Å². The Hall–Kier alpha value is -0.770. The second-order valence-corrected chi connectivity index (χ2v) is 5.35. The van der Waals surface area contributed by atoms with Crippen LogP contribution in [0.2, 0.25) is 0 Å². The van der Waals surface area contributed by atoms with Crippen molar-refractivity contribution in [3.8, 4) is 0 Å². The Kier molecular flexibility index (Phi) is 7.09. The standard InChI is InChI=1S/C14H28N2O2/c1-12-8-7-9-13(2)16(12)11-6-4-5-10-15-14(17)18-3/h12-13H,4-11H2,1-3H3,(H,15,17)/t12-,13+. The van der Waals surface area contributed by atoms with Crippen molar-refractivity contribution in [3.63, 3.8) is 0 Å². The van der Waals surface area contributed by atoms with Gasteiger partial charge in [-0.3, -0.25) is 4.90 Å². The summed E-state index contributed by atoms with van der Waals surface area (Å²) < 4.78 is 4.52. The second kappa shape index (κ2) is 8.35. The molecule has 1 amide bonds. The highest BCUT2D eigenvalue weighted by molar-refractivity contribution is 5.66. The summed E-state index contributed by atoms with van der Waals surface area (Å²) in [4.78, 5) is 13.5. The number of rotatable bonds is 6. The van der Waals surface area contributed by atoms with Gasteiger partial charge in [0.25, 0.3) is 0 Å². The molecule has 4 heteroatoms. The maximum Gasteiger partial charge on any atom is 0.406 e. The van der Waals surface area contributed by atoms with Crippen LogP contribution in [0.1, 0.15) is 52.4 Å². The van der Waals surface area contributed by atoms with Crippen molar-refractivity contribution in [1.29, 1.82) is 0 Å². The molecule has 0 aliphatic carbocycles. The van der Waals surface area contributed by atoms with E-state index in [1.54, 1.807) is 0 Å². The van der Waals surface area contributed by atoms with Crippen LogP contribution in [0.15, 0.2) is 0 Å². The average Bonchev–Trinajstić information content (AvgIpc) is 2.36. The lowest BCUT2D eigenvalue weighted by Crippen LogP contribution is -2.44. The molecule has 0 aromatic carbocycles. The molecule has 0 bridgehead atoms. The summed E-state index contributed by atoms with van der Waals surface area (Å²) in [7, 11) is 1.40. The normalized spacial score (nSPS) is 24.8. The Labute approximate surface area is 111 Å². The van der Waals surface area contributed by atoms with Crippen LogP contribution in [0.3, 0.4) is 0 Å². The van der Waals surface area contributed by atoms with E-state index in [0.717, 1.165) is 25.0 Å². The monoisotopic (exact) mass is 256 g/mol. The van der Waals surface area contributed by atoms with Gasteiger partial charge < -0.3 is 10.1 Å². The topological polar surface area (TPSA) is 41.6 Å². The van der Waals surface area contributed by atoms with Crippen molar-refractivity contribution in [3.05, 3.63) is 0 Å². The van der Waals surface area contributed by atoms with Crippen molar-refractivity contribution in [2.24, 2.45) is 0 Å². The van der Waals surface area contributed by atoms with Gasteiger partial charge in [-0.15, -0.1) is 0 Å². The molecule has 0 spiro atoms. The molecule has 0 unspecified atom stereocenters. The minimum atomic E-state index is -0.326. The van der Waals surface area contributed by atoms with Crippen LogP contribution >= 0.6 is 0 Å². The van der Waals surface area contributed by atoms with Crippen LogP contribution in [0, 0.1) is 0 Å². The van der Waals surface area contributed by atoms with Crippen molar-refractivity contribution in [1.82, 2.24) is 10.2 Å². The third-order valence-electron chi connectivity index (χ3n) is 3.92. The number of unbranched alkanes of at least 4 members (excludes halogenated alkanes) is 2. The first-order valence-electron chi connectivity index (χ1n) is 7.22. The van der Waals surface area contributed by atoms with Gasteiger partial charge in [-0.1, -0.05) is 12.8 Å². The van der Waals surface area contributed by atoms with Gasteiger partial charge in [0.05, 0.1) is 7.11 Å². The molecular formula is C14H28N2O2. The van der Waals surface area contributed by atoms with Gasteiger partial charge in [-0.2, -0.15) is 0 Å². The fourth-order valence-electron chi connectivity index (χ4n) is 2.77. The smallest absolute Gasteiger partial charge is 0.406 e. The summed E-state index contributed by atoms with van der Waals surface area (Å²) >= 11 is 0. The lowest BCUT2D eigenvalue weighted by atomic mass is 9.97. The predicted molar refractivity (Wildman–Crippen MR) is 73.7 cm³/mol. The van der Waals surface area contributed by atoms with Gasteiger partial charge in [0.2, 0.25) is 0 Å². The molecule has 0 saturated carbocycles. The number of nitrogens with zero attached hydrogens (tertiary/aromatic N) is 1. The van der Waals surface area contributed by atoms with Crippen LogP contribution in [0.4, 0.5) is 4.79 Å². The highest BCUT2D eigenvalue weighted by Crippen LogP contribution is 2.22. The van der Waals surface area contributed by atoms with Gasteiger partial charge in [-0.05, 0) is 46.1 Å². The van der Waals surface area contributed by atoms with Gasteiger partial charge in [0.1, 0.15) is 0 Å². The number of likely N-dealkylation sites (tertiary alicyclic amines) is 1. The molecule has 1 aliphatic heterocycles. The molecule has 4 nitrogen and oxygen atoms in total. The molecule has 18 heavy (non-hydrogen) atoms. The number of nitrogens with one attached hydrogen (secondary N) is 1. The molecule has 1 N–H and O–H groups in total. The Bertz CT molecular complexity index is 236. The number of hydrogen-bond donors (Lipinski definition) is 1. The number of ether oxygens (including phenoxy) is 1. The van der Waals surface area contributed by atoms with Gasteiger partial charge in [0, 0.05) is 18.6 Å². The summed E-state index contributed by atoms with van der Waals surface area (Å²) in [5, 5.41) is 2.71. The second-order valence-electron chi connectivity index (χ2n) is 5.35. The number of alkyl carbamates (subject to hydrolysis) is 1. The quantitative estimate of drug-likeness (QED) is 0.743. The van der Waals surface area contributed by atoms with E-state index in [4.69, 9.17) is 0 Å². The first-order chi connectivity index (χ1) is 8.65. The summed E-state index contributed by atoms with van der Waals surface area (Å²) in [5.74, 6) is 0. The van der Waals surface area contributed by atoms with Crippen molar-refractivity contribution in [2.45, 2.75) is 64.5 Å². The predicted octanol–water partition coefficient (Wildman–Crippen LogP) is 2.78. The number of methoxy groups -OCH3 is 1. The molecular weight excluding hydrogens is 228 g/mol. The maximum absolute atomic E-state index is 10.8. The maximum atomic E-state index is 10.8. The number of carbonyl (C=O) groups excluding carboxylic acids is 1. The molecule has 1 fully saturated rings. The van der Waals surface area contributed by atoms with E-state index in [-0.39, 0.29) is 6.09 Å². The summed E-state index contributed by atoms with van der Waals surface area (Å²) in [6.07, 6.45) is 7.15. The zero-order valence-electron chi connectivity index (χ0n) is 12.1. The van der Waals surface area contributed by atoms with Crippen LogP contribution in [-0.2, 0) is 4.74 Å². The Morgan fingerprint density at radius 2 is 1.89 bits per heavy atom. The highest BCUT2D eigenvalue weighted by atomic mass is 16.5. The van der Waals surface area contributed by atoms with E-state index in [9.17, 15) is 4.79 Å². The molecule has 2 atom stereocenters. The summed E-state index contributed by atoms with van der Waals surface area (Å²) in [5.41, 5.74) is 0. The highest BCUT2D eigenvalue weighted by Gasteiger charge is 2.23. The Morgan fingerprint density at radius 3 is 2.50 bits per heavy atom. The van der Waals surface area contributed by atoms with Crippen LogP contribution in [-0.4, -0.2) is 43.3 Å². The third kappa shape index (κ3) is 5.25. The Morgan fingerprint density at radius 1 is 1.22 bits per heavy atom. The van der Waals surface area contributed by atoms with Gasteiger partial charge >= 0.3 is 6.09 Å². The number of piperidine rings is 1. The molecule has 106 valence electrons. The largest absolute Gasteiger partial charge is 0.453 e. The van der Waals surface area contributed by atoms with Crippen molar-refractivity contribution in [2.75, 3.05) is 20.2 Å². The van der Waals surface area contributed by atoms with Crippen molar-refractivity contribution >= 4 is 6.09 Å². The lowest BCUT2D eigenvalue weighted by molar-refractivity contribution is 0.101. The number of amides is 1. The Balaban J connectivity index is 2.04. The van der Waals surface area contributed by atoms with E-state index < -0.39 is 0 Å². The summed E-state index contributed by atoms with van der Waals surface area (Å²) in [6, 6.07) is 1.48. The van der Waals surface area contributed by atoms with Gasteiger partial charge in [0.15, 0.2) is 0 Å². The van der Waals surface area contributed by atoms with Crippen LogP contribution in [0.5, 0.6) is 0 Å². The van der Waals surface area contributed by atoms with Crippen LogP contribution < -0.4 is 5.32 Å². The zero-order chi connectivity index (χ0) is 13.4. The van der Waals surface area contributed by atoms with Gasteiger partial charge in [-0.25, -0.2) is 4.79 Å². The fraction of sp³-hybridized carbons (Fsp3) is 0.929. The summed E-state index contributed by atoms with van der Waals surface area (Å²) in [6.45, 7) is 6.60. The number of carbonyl (C=O) groups is 1. The minimum absolute atomic E-state index is 0.326. The third-order valence-corrected chi connectivity index (χ3v) is 3.92. The molecule has 1 saturated heterocycles. The van der Waals surface area contributed by atoms with E-state index in [2.05, 4.69) is 28.8 Å². The zero-order valence-corrected chi connectivity index (χ0v) is 12.1. The molecule has 0 aromatic heterocycles. The van der Waals surface area contributed by atoms with Crippen LogP contribution in [0.25, 0.3) is 0 Å². The van der Waals surface area contributed by atoms with E-state index in [0.29, 0.717) is 0 Å². The molecule has 0 radical (unpaired) electrons. The average molecular weight is 256 g/mol. The molecule has 1 heterocycles. The molecule has 1 aliphatic rings. The first kappa shape index (κ1) is 15.3. The SMILES string of the molecule is COC(=O)NCCCCCN1[C@H](C)CCC[C@@H]1C. The number of hydrogen-bond acceptors (Lipinski definition) is 3. The first-order valence-corrected chi connectivity index (χ1v) is 7.22. The van der Waals surface area contributed by atoms with Crippen molar-refractivity contribution < 1.29 is 9.53 Å². The molecule has 0 aromatic rings. The van der Waals surface area contributed by atoms with E-state index in [1.165, 1.54) is 45.8 Å². The minimum Gasteiger partial charge on any atom is -0.453 e. The fourth-order valence-corrected chi connectivity index (χ4v) is 2.77.